The minimum absolute atomic E-state index is 0.0257. The van der Waals surface area contributed by atoms with Crippen molar-refractivity contribution in [3.63, 3.8) is 0 Å². The number of benzene rings is 2. The number of hydrogen-bond donors (Lipinski definition) is 2. The molecule has 0 aromatic heterocycles. The first-order valence-electron chi connectivity index (χ1n) is 15.6. The molecule has 0 radical (unpaired) electrons. The van der Waals surface area contributed by atoms with Crippen LogP contribution in [0.4, 0.5) is 0 Å². The first-order valence-corrected chi connectivity index (χ1v) is 15.6. The number of amides is 2. The zero-order chi connectivity index (χ0) is 29.0. The van der Waals surface area contributed by atoms with Gasteiger partial charge < -0.3 is 21.3 Å². The summed E-state index contributed by atoms with van der Waals surface area (Å²) in [5.74, 6) is 0.0514. The van der Waals surface area contributed by atoms with Crippen LogP contribution in [0, 0.1) is 0 Å². The van der Waals surface area contributed by atoms with E-state index in [4.69, 9.17) is 11.5 Å². The minimum atomic E-state index is -0.541. The van der Waals surface area contributed by atoms with Gasteiger partial charge in [0.1, 0.15) is 0 Å². The summed E-state index contributed by atoms with van der Waals surface area (Å²) in [5.41, 5.74) is 14.9. The number of hydrogen-bond acceptors (Lipinski definition) is 4. The predicted molar refractivity (Wildman–Crippen MR) is 167 cm³/mol. The van der Waals surface area contributed by atoms with Crippen molar-refractivity contribution in [3.05, 3.63) is 71.8 Å². The molecule has 2 atom stereocenters. The fraction of sp³-hybridized carbons (Fsp3) is 0.588. The topological polar surface area (TPSA) is 92.7 Å². The molecule has 0 unspecified atom stereocenters. The van der Waals surface area contributed by atoms with Crippen molar-refractivity contribution < 1.29 is 9.59 Å². The second-order valence-corrected chi connectivity index (χ2v) is 11.1. The van der Waals surface area contributed by atoms with Crippen LogP contribution in [0.3, 0.4) is 0 Å². The van der Waals surface area contributed by atoms with Crippen molar-refractivity contribution in [2.45, 2.75) is 103 Å². The molecule has 0 heterocycles. The highest BCUT2D eigenvalue weighted by Gasteiger charge is 2.23. The van der Waals surface area contributed by atoms with E-state index in [1.807, 2.05) is 70.5 Å². The van der Waals surface area contributed by atoms with Crippen LogP contribution >= 0.6 is 0 Å². The SMILES string of the molecule is CCCCCCN(CCCCN(CCCCCC)C(=O)[C@@H](N)Cc1ccccc1)C(=O)[C@@H](N)Cc1ccccc1. The Kier molecular flexibility index (Phi) is 16.9. The monoisotopic (exact) mass is 550 g/mol. The lowest BCUT2D eigenvalue weighted by Crippen LogP contribution is -2.46. The third-order valence-electron chi connectivity index (χ3n) is 7.52. The van der Waals surface area contributed by atoms with Crippen molar-refractivity contribution in [1.29, 1.82) is 0 Å². The van der Waals surface area contributed by atoms with Crippen molar-refractivity contribution >= 4 is 11.8 Å². The largest absolute Gasteiger partial charge is 0.341 e. The molecule has 0 aliphatic rings. The number of rotatable bonds is 21. The van der Waals surface area contributed by atoms with Gasteiger partial charge in [0.15, 0.2) is 0 Å². The van der Waals surface area contributed by atoms with Gasteiger partial charge in [-0.25, -0.2) is 0 Å². The molecule has 2 aromatic rings. The summed E-state index contributed by atoms with van der Waals surface area (Å²) in [5, 5.41) is 0. The van der Waals surface area contributed by atoms with Gasteiger partial charge in [0.2, 0.25) is 11.8 Å². The Morgan fingerprint density at radius 2 is 0.875 bits per heavy atom. The zero-order valence-corrected chi connectivity index (χ0v) is 25.1. The summed E-state index contributed by atoms with van der Waals surface area (Å²) in [4.78, 5) is 30.6. The van der Waals surface area contributed by atoms with Gasteiger partial charge in [-0.3, -0.25) is 9.59 Å². The Hall–Kier alpha value is -2.70. The number of nitrogens with zero attached hydrogens (tertiary/aromatic N) is 2. The summed E-state index contributed by atoms with van der Waals surface area (Å²) >= 11 is 0. The standard InChI is InChI=1S/C34H54N4O2/c1-3-5-7-15-23-37(33(39)31(35)27-29-19-11-9-12-20-29)25-17-18-26-38(24-16-8-6-4-2)34(40)32(36)28-30-21-13-10-14-22-30/h9-14,19-22,31-32H,3-8,15-18,23-28,35-36H2,1-2H3/t31-,32-/m0/s1. The van der Waals surface area contributed by atoms with Gasteiger partial charge in [0.05, 0.1) is 12.1 Å². The van der Waals surface area contributed by atoms with E-state index in [9.17, 15) is 9.59 Å². The van der Waals surface area contributed by atoms with Crippen LogP contribution in [0.2, 0.25) is 0 Å². The van der Waals surface area contributed by atoms with Crippen LogP contribution in [-0.2, 0) is 22.4 Å². The Morgan fingerprint density at radius 1 is 0.550 bits per heavy atom. The third-order valence-corrected chi connectivity index (χ3v) is 7.52. The molecule has 2 rings (SSSR count). The summed E-state index contributed by atoms with van der Waals surface area (Å²) < 4.78 is 0. The predicted octanol–water partition coefficient (Wildman–Crippen LogP) is 5.72. The van der Waals surface area contributed by atoms with Crippen LogP contribution < -0.4 is 11.5 Å². The lowest BCUT2D eigenvalue weighted by Gasteiger charge is -2.28. The van der Waals surface area contributed by atoms with Gasteiger partial charge in [0.25, 0.3) is 0 Å². The molecule has 2 amide bonds. The molecule has 2 aromatic carbocycles. The van der Waals surface area contributed by atoms with Gasteiger partial charge >= 0.3 is 0 Å². The van der Waals surface area contributed by atoms with Gasteiger partial charge in [-0.15, -0.1) is 0 Å². The fourth-order valence-electron chi connectivity index (χ4n) is 5.11. The van der Waals surface area contributed by atoms with Gasteiger partial charge in [-0.2, -0.15) is 0 Å². The molecule has 4 N–H and O–H groups in total. The van der Waals surface area contributed by atoms with E-state index < -0.39 is 12.1 Å². The highest BCUT2D eigenvalue weighted by Crippen LogP contribution is 2.11. The summed E-state index contributed by atoms with van der Waals surface area (Å²) in [6.45, 7) is 7.20. The van der Waals surface area contributed by atoms with E-state index in [0.717, 1.165) is 75.6 Å². The maximum Gasteiger partial charge on any atom is 0.239 e. The number of carbonyl (C=O) groups excluding carboxylic acids is 2. The highest BCUT2D eigenvalue weighted by molar-refractivity contribution is 5.82. The molecule has 40 heavy (non-hydrogen) atoms. The first kappa shape index (κ1) is 33.5. The number of carbonyl (C=O) groups is 2. The second-order valence-electron chi connectivity index (χ2n) is 11.1. The fourth-order valence-corrected chi connectivity index (χ4v) is 5.11. The molecular weight excluding hydrogens is 496 g/mol. The van der Waals surface area contributed by atoms with Crippen molar-refractivity contribution in [2.75, 3.05) is 26.2 Å². The number of nitrogens with two attached hydrogens (primary N) is 2. The van der Waals surface area contributed by atoms with Gasteiger partial charge in [0, 0.05) is 26.2 Å². The summed E-state index contributed by atoms with van der Waals surface area (Å²) in [7, 11) is 0. The molecule has 0 aliphatic heterocycles. The molecular formula is C34H54N4O2. The molecule has 0 spiro atoms. The van der Waals surface area contributed by atoms with Crippen molar-refractivity contribution in [1.82, 2.24) is 9.80 Å². The van der Waals surface area contributed by atoms with E-state index in [1.165, 1.54) is 12.8 Å². The Bertz CT molecular complexity index is 860. The van der Waals surface area contributed by atoms with Crippen molar-refractivity contribution in [2.24, 2.45) is 11.5 Å². The molecule has 0 saturated carbocycles. The molecule has 0 bridgehead atoms. The van der Waals surface area contributed by atoms with E-state index >= 15 is 0 Å². The average molecular weight is 551 g/mol. The van der Waals surface area contributed by atoms with Crippen molar-refractivity contribution in [3.8, 4) is 0 Å². The molecule has 222 valence electrons. The Labute approximate surface area is 243 Å². The normalized spacial score (nSPS) is 12.6. The lowest BCUT2D eigenvalue weighted by molar-refractivity contribution is -0.134. The zero-order valence-electron chi connectivity index (χ0n) is 25.1. The van der Waals surface area contributed by atoms with Crippen LogP contribution in [0.5, 0.6) is 0 Å². The number of unbranched alkanes of at least 4 members (excludes halogenated alkanes) is 7. The average Bonchev–Trinajstić information content (AvgIpc) is 2.97. The van der Waals surface area contributed by atoms with E-state index in [0.29, 0.717) is 25.9 Å². The van der Waals surface area contributed by atoms with Gasteiger partial charge in [-0.1, -0.05) is 113 Å². The summed E-state index contributed by atoms with van der Waals surface area (Å²) in [6, 6.07) is 18.9. The summed E-state index contributed by atoms with van der Waals surface area (Å²) in [6.07, 6.45) is 11.7. The van der Waals surface area contributed by atoms with E-state index in [1.54, 1.807) is 0 Å². The quantitative estimate of drug-likeness (QED) is 0.194. The highest BCUT2D eigenvalue weighted by atomic mass is 16.2. The molecule has 6 nitrogen and oxygen atoms in total. The Balaban J connectivity index is 1.94. The third kappa shape index (κ3) is 13.1. The second kappa shape index (κ2) is 20.2. The van der Waals surface area contributed by atoms with Crippen LogP contribution in [0.1, 0.15) is 89.2 Å². The van der Waals surface area contributed by atoms with Crippen LogP contribution in [-0.4, -0.2) is 59.9 Å². The lowest BCUT2D eigenvalue weighted by atomic mass is 10.0. The smallest absolute Gasteiger partial charge is 0.239 e. The minimum Gasteiger partial charge on any atom is -0.341 e. The van der Waals surface area contributed by atoms with E-state index in [-0.39, 0.29) is 11.8 Å². The maximum atomic E-state index is 13.3. The Morgan fingerprint density at radius 3 is 1.20 bits per heavy atom. The van der Waals surface area contributed by atoms with Crippen LogP contribution in [0.25, 0.3) is 0 Å². The van der Waals surface area contributed by atoms with Gasteiger partial charge in [-0.05, 0) is 49.7 Å². The first-order chi connectivity index (χ1) is 19.5. The molecule has 0 saturated heterocycles. The molecule has 0 fully saturated rings. The van der Waals surface area contributed by atoms with E-state index in [2.05, 4.69) is 13.8 Å². The molecule has 0 aliphatic carbocycles. The van der Waals surface area contributed by atoms with Crippen LogP contribution in [0.15, 0.2) is 60.7 Å². The molecule has 6 heteroatoms. The maximum absolute atomic E-state index is 13.3.